The summed E-state index contributed by atoms with van der Waals surface area (Å²) in [7, 11) is 0. The van der Waals surface area contributed by atoms with Crippen LogP contribution >= 0.6 is 0 Å². The molecule has 0 aliphatic carbocycles. The highest BCUT2D eigenvalue weighted by Gasteiger charge is 2.34. The van der Waals surface area contributed by atoms with E-state index in [0.29, 0.717) is 30.2 Å². The molecule has 26 heavy (non-hydrogen) atoms. The minimum atomic E-state index is -0.303. The number of rotatable bonds is 4. The van der Waals surface area contributed by atoms with Gasteiger partial charge < -0.3 is 9.42 Å². The Hall–Kier alpha value is -3.02. The molecule has 0 N–H and O–H groups in total. The Labute approximate surface area is 150 Å². The van der Waals surface area contributed by atoms with E-state index in [0.717, 1.165) is 11.1 Å². The smallest absolute Gasteiger partial charge is 0.232 e. The van der Waals surface area contributed by atoms with E-state index in [-0.39, 0.29) is 24.2 Å². The summed E-state index contributed by atoms with van der Waals surface area (Å²) in [6, 6.07) is 14.3. The first-order chi connectivity index (χ1) is 12.6. The number of nitrogens with zero attached hydrogens (tertiary/aromatic N) is 3. The van der Waals surface area contributed by atoms with Gasteiger partial charge in [-0.15, -0.1) is 0 Å². The first kappa shape index (κ1) is 16.4. The fraction of sp³-hybridized carbons (Fsp3) is 0.250. The third-order valence-electron chi connectivity index (χ3n) is 4.60. The lowest BCUT2D eigenvalue weighted by Gasteiger charge is -2.16. The highest BCUT2D eigenvalue weighted by molar-refractivity contribution is 5.79. The summed E-state index contributed by atoms with van der Waals surface area (Å²) >= 11 is 0. The van der Waals surface area contributed by atoms with Crippen LogP contribution in [-0.2, 0) is 11.3 Å². The number of aromatic nitrogens is 2. The van der Waals surface area contributed by atoms with Crippen molar-refractivity contribution in [1.82, 2.24) is 15.0 Å². The lowest BCUT2D eigenvalue weighted by Crippen LogP contribution is -2.24. The largest absolute Gasteiger partial charge is 0.339 e. The van der Waals surface area contributed by atoms with Crippen LogP contribution in [0.4, 0.5) is 4.39 Å². The Morgan fingerprint density at radius 2 is 2.08 bits per heavy atom. The quantitative estimate of drug-likeness (QED) is 0.719. The van der Waals surface area contributed by atoms with Gasteiger partial charge in [-0.05, 0) is 19.1 Å². The van der Waals surface area contributed by atoms with Gasteiger partial charge in [0, 0.05) is 30.6 Å². The molecule has 0 radical (unpaired) electrons. The topological polar surface area (TPSA) is 59.2 Å². The van der Waals surface area contributed by atoms with Crippen molar-refractivity contribution in [3.63, 3.8) is 0 Å². The molecule has 1 saturated heterocycles. The van der Waals surface area contributed by atoms with Crippen LogP contribution in [0, 0.1) is 12.7 Å². The Morgan fingerprint density at radius 1 is 1.23 bits per heavy atom. The summed E-state index contributed by atoms with van der Waals surface area (Å²) in [4.78, 5) is 18.4. The summed E-state index contributed by atoms with van der Waals surface area (Å²) in [5.41, 5.74) is 2.50. The van der Waals surface area contributed by atoms with Crippen LogP contribution in [-0.4, -0.2) is 27.5 Å². The molecule has 1 aliphatic heterocycles. The first-order valence-corrected chi connectivity index (χ1v) is 8.52. The van der Waals surface area contributed by atoms with Gasteiger partial charge in [0.1, 0.15) is 5.82 Å². The summed E-state index contributed by atoms with van der Waals surface area (Å²) < 4.78 is 19.2. The number of hydrogen-bond acceptors (Lipinski definition) is 4. The number of likely N-dealkylation sites (tertiary alicyclic amines) is 1. The maximum absolute atomic E-state index is 13.8. The van der Waals surface area contributed by atoms with E-state index < -0.39 is 0 Å². The fourth-order valence-corrected chi connectivity index (χ4v) is 3.23. The molecule has 1 atom stereocenters. The van der Waals surface area contributed by atoms with E-state index in [2.05, 4.69) is 10.1 Å². The van der Waals surface area contributed by atoms with Crippen LogP contribution in [0.5, 0.6) is 0 Å². The van der Waals surface area contributed by atoms with E-state index in [9.17, 15) is 9.18 Å². The highest BCUT2D eigenvalue weighted by atomic mass is 19.1. The summed E-state index contributed by atoms with van der Waals surface area (Å²) in [6.45, 7) is 2.70. The van der Waals surface area contributed by atoms with E-state index in [1.54, 1.807) is 23.1 Å². The maximum atomic E-state index is 13.8. The van der Waals surface area contributed by atoms with Crippen molar-refractivity contribution in [2.75, 3.05) is 6.54 Å². The zero-order valence-corrected chi connectivity index (χ0v) is 14.4. The van der Waals surface area contributed by atoms with Crippen LogP contribution < -0.4 is 0 Å². The second-order valence-corrected chi connectivity index (χ2v) is 6.59. The van der Waals surface area contributed by atoms with Crippen molar-refractivity contribution in [3.05, 3.63) is 71.4 Å². The molecule has 4 rings (SSSR count). The number of halogens is 1. The van der Waals surface area contributed by atoms with Gasteiger partial charge in [-0.1, -0.05) is 47.1 Å². The van der Waals surface area contributed by atoms with Gasteiger partial charge in [0.15, 0.2) is 0 Å². The second-order valence-electron chi connectivity index (χ2n) is 6.59. The van der Waals surface area contributed by atoms with Gasteiger partial charge in [0.05, 0.1) is 5.92 Å². The number of carbonyl (C=O) groups excluding carboxylic acids is 1. The standard InChI is InChI=1S/C20H18FN3O2/c1-13-5-4-7-14(9-13)19-22-20(26-23-19)16-10-18(25)24(12-16)11-15-6-2-3-8-17(15)21/h2-9,16H,10-12H2,1H3. The summed E-state index contributed by atoms with van der Waals surface area (Å²) in [5, 5.41) is 4.04. The molecular weight excluding hydrogens is 333 g/mol. The zero-order chi connectivity index (χ0) is 18.1. The zero-order valence-electron chi connectivity index (χ0n) is 14.4. The lowest BCUT2D eigenvalue weighted by molar-refractivity contribution is -0.128. The van der Waals surface area contributed by atoms with Gasteiger partial charge in [0.25, 0.3) is 0 Å². The van der Waals surface area contributed by atoms with Crippen molar-refractivity contribution in [1.29, 1.82) is 0 Å². The van der Waals surface area contributed by atoms with Crippen molar-refractivity contribution < 1.29 is 13.7 Å². The average molecular weight is 351 g/mol. The fourth-order valence-electron chi connectivity index (χ4n) is 3.23. The van der Waals surface area contributed by atoms with Crippen molar-refractivity contribution in [3.8, 4) is 11.4 Å². The van der Waals surface area contributed by atoms with Gasteiger partial charge in [-0.25, -0.2) is 4.39 Å². The van der Waals surface area contributed by atoms with E-state index >= 15 is 0 Å². The maximum Gasteiger partial charge on any atom is 0.232 e. The number of hydrogen-bond donors (Lipinski definition) is 0. The Bertz CT molecular complexity index is 953. The van der Waals surface area contributed by atoms with Crippen LogP contribution in [0.2, 0.25) is 0 Å². The van der Waals surface area contributed by atoms with E-state index in [1.807, 2.05) is 31.2 Å². The third kappa shape index (κ3) is 3.22. The number of aryl methyl sites for hydroxylation is 1. The molecule has 2 aromatic carbocycles. The second kappa shape index (κ2) is 6.71. The van der Waals surface area contributed by atoms with Crippen LogP contribution in [0.25, 0.3) is 11.4 Å². The number of benzene rings is 2. The molecule has 6 heteroatoms. The molecule has 1 unspecified atom stereocenters. The molecular formula is C20H18FN3O2. The normalized spacial score (nSPS) is 17.1. The third-order valence-corrected chi connectivity index (χ3v) is 4.60. The lowest BCUT2D eigenvalue weighted by atomic mass is 10.1. The van der Waals surface area contributed by atoms with Gasteiger partial charge in [0.2, 0.25) is 17.6 Å². The predicted molar refractivity (Wildman–Crippen MR) is 93.6 cm³/mol. The minimum Gasteiger partial charge on any atom is -0.339 e. The van der Waals surface area contributed by atoms with Crippen LogP contribution in [0.3, 0.4) is 0 Å². The van der Waals surface area contributed by atoms with E-state index in [1.165, 1.54) is 6.07 Å². The molecule has 0 bridgehead atoms. The van der Waals surface area contributed by atoms with Crippen LogP contribution in [0.1, 0.15) is 29.4 Å². The molecule has 2 heterocycles. The van der Waals surface area contributed by atoms with Gasteiger partial charge in [-0.2, -0.15) is 4.98 Å². The molecule has 0 saturated carbocycles. The number of carbonyl (C=O) groups is 1. The highest BCUT2D eigenvalue weighted by Crippen LogP contribution is 2.30. The molecule has 1 aliphatic rings. The van der Waals surface area contributed by atoms with Crippen molar-refractivity contribution >= 4 is 5.91 Å². The number of amides is 1. The Morgan fingerprint density at radius 3 is 2.88 bits per heavy atom. The molecule has 132 valence electrons. The summed E-state index contributed by atoms with van der Waals surface area (Å²) in [5.74, 6) is 0.465. The van der Waals surface area contributed by atoms with E-state index in [4.69, 9.17) is 4.52 Å². The Kier molecular flexibility index (Phi) is 4.24. The van der Waals surface area contributed by atoms with Gasteiger partial charge in [-0.3, -0.25) is 4.79 Å². The monoisotopic (exact) mass is 351 g/mol. The first-order valence-electron chi connectivity index (χ1n) is 8.52. The Balaban J connectivity index is 1.50. The molecule has 5 nitrogen and oxygen atoms in total. The average Bonchev–Trinajstić information content (AvgIpc) is 3.24. The SMILES string of the molecule is Cc1cccc(-c2noc(C3CC(=O)N(Cc4ccccc4F)C3)n2)c1. The van der Waals surface area contributed by atoms with Crippen molar-refractivity contribution in [2.45, 2.75) is 25.8 Å². The molecule has 1 aromatic heterocycles. The van der Waals surface area contributed by atoms with Gasteiger partial charge >= 0.3 is 0 Å². The molecule has 1 fully saturated rings. The van der Waals surface area contributed by atoms with Crippen molar-refractivity contribution in [2.24, 2.45) is 0 Å². The minimum absolute atomic E-state index is 0.0337. The predicted octanol–water partition coefficient (Wildman–Crippen LogP) is 3.70. The summed E-state index contributed by atoms with van der Waals surface area (Å²) in [6.07, 6.45) is 0.296. The molecule has 3 aromatic rings. The molecule has 1 amide bonds. The van der Waals surface area contributed by atoms with Crippen LogP contribution in [0.15, 0.2) is 53.1 Å². The molecule has 0 spiro atoms.